The van der Waals surface area contributed by atoms with Crippen molar-refractivity contribution in [1.29, 1.82) is 0 Å². The number of fused-ring (bicyclic) bond motifs is 8. The molecule has 8 nitrogen and oxygen atoms in total. The van der Waals surface area contributed by atoms with Gasteiger partial charge in [0, 0.05) is 65.5 Å². The molecule has 0 aliphatic carbocycles. The number of aromatic amines is 2. The van der Waals surface area contributed by atoms with Crippen LogP contribution >= 0.6 is 0 Å². The van der Waals surface area contributed by atoms with Gasteiger partial charge in [-0.25, -0.2) is 9.97 Å². The van der Waals surface area contributed by atoms with E-state index in [0.29, 0.717) is 18.5 Å². The summed E-state index contributed by atoms with van der Waals surface area (Å²) in [7, 11) is 0. The molecule has 8 bridgehead atoms. The molecule has 2 aliphatic heterocycles. The third-order valence-electron chi connectivity index (χ3n) is 8.22. The molecule has 0 unspecified atom stereocenters. The number of nitrogens with one attached hydrogen (secondary N) is 2. The molecule has 3 aromatic heterocycles. The van der Waals surface area contributed by atoms with Crippen molar-refractivity contribution in [2.24, 2.45) is 0 Å². The number of aromatic nitrogens is 4. The molecule has 9 heteroatoms. The van der Waals surface area contributed by atoms with Gasteiger partial charge < -0.3 is 20.2 Å². The first-order chi connectivity index (χ1) is 20.0. The number of aryl methyl sites for hydroxylation is 3. The van der Waals surface area contributed by atoms with E-state index in [1.54, 1.807) is 6.08 Å². The van der Waals surface area contributed by atoms with Crippen LogP contribution in [0.4, 0.5) is 0 Å². The van der Waals surface area contributed by atoms with Crippen LogP contribution in [0.5, 0.6) is 0 Å². The van der Waals surface area contributed by atoms with Crippen molar-refractivity contribution >= 4 is 62.4 Å². The van der Waals surface area contributed by atoms with Gasteiger partial charge in [0.15, 0.2) is 0 Å². The van der Waals surface area contributed by atoms with E-state index in [0.717, 1.165) is 83.7 Å². The Bertz CT molecular complexity index is 1920. The molecule has 5 heterocycles. The fourth-order valence-electron chi connectivity index (χ4n) is 5.77. The van der Waals surface area contributed by atoms with Crippen molar-refractivity contribution in [2.75, 3.05) is 0 Å². The fraction of sp³-hybridized carbons (Fsp3) is 0.235. The van der Waals surface area contributed by atoms with Crippen molar-refractivity contribution in [3.8, 4) is 0 Å². The number of carboxylic acids is 2. The number of carbonyl (C=O) groups is 2. The van der Waals surface area contributed by atoms with Crippen molar-refractivity contribution in [2.45, 2.75) is 53.4 Å². The van der Waals surface area contributed by atoms with E-state index in [9.17, 15) is 19.8 Å². The smallest absolute Gasteiger partial charge is 0.303 e. The topological polar surface area (TPSA) is 132 Å². The zero-order chi connectivity index (χ0) is 30.3. The van der Waals surface area contributed by atoms with Crippen LogP contribution in [0.1, 0.15) is 78.1 Å². The van der Waals surface area contributed by atoms with Crippen molar-refractivity contribution in [3.63, 3.8) is 0 Å². The second-order valence-corrected chi connectivity index (χ2v) is 10.7. The van der Waals surface area contributed by atoms with Crippen LogP contribution in [0.15, 0.2) is 43.5 Å². The number of carboxylic acid groups (broad SMARTS) is 2. The maximum atomic E-state index is 11.5. The summed E-state index contributed by atoms with van der Waals surface area (Å²) in [5.41, 5.74) is 13.7. The summed E-state index contributed by atoms with van der Waals surface area (Å²) in [6, 6.07) is 7.88. The Kier molecular flexibility index (Phi) is 9.16. The van der Waals surface area contributed by atoms with E-state index < -0.39 is 11.9 Å². The molecule has 5 rings (SSSR count). The summed E-state index contributed by atoms with van der Waals surface area (Å²) in [6.45, 7) is 16.0. The second-order valence-electron chi connectivity index (χ2n) is 10.7. The Morgan fingerprint density at radius 2 is 1.26 bits per heavy atom. The summed E-state index contributed by atoms with van der Waals surface area (Å²) < 4.78 is 0. The van der Waals surface area contributed by atoms with Gasteiger partial charge in [-0.05, 0) is 98.2 Å². The molecule has 216 valence electrons. The maximum absolute atomic E-state index is 11.5. The van der Waals surface area contributed by atoms with E-state index >= 15 is 0 Å². The zero-order valence-corrected chi connectivity index (χ0v) is 28.0. The molecule has 3 aromatic rings. The zero-order valence-electron chi connectivity index (χ0n) is 25.0. The minimum Gasteiger partial charge on any atom is -0.481 e. The first kappa shape index (κ1) is 31.6. The monoisotopic (exact) mass is 626 g/mol. The van der Waals surface area contributed by atoms with Gasteiger partial charge in [-0.3, -0.25) is 9.59 Å². The van der Waals surface area contributed by atoms with Gasteiger partial charge in [0.25, 0.3) is 0 Å². The number of hydrogen-bond donors (Lipinski definition) is 4. The van der Waals surface area contributed by atoms with Gasteiger partial charge in [-0.15, -0.1) is 0 Å². The van der Waals surface area contributed by atoms with Gasteiger partial charge in [-0.2, -0.15) is 0 Å². The molecule has 0 saturated heterocycles. The van der Waals surface area contributed by atoms with Crippen LogP contribution in [0, 0.1) is 13.8 Å². The van der Waals surface area contributed by atoms with E-state index in [-0.39, 0.29) is 32.3 Å². The maximum Gasteiger partial charge on any atom is 0.303 e. The fourth-order valence-corrected chi connectivity index (χ4v) is 5.77. The van der Waals surface area contributed by atoms with E-state index in [1.165, 1.54) is 0 Å². The number of rotatable bonds is 8. The third kappa shape index (κ3) is 5.95. The molecule has 0 fully saturated rings. The number of allylic oxidation sites excluding steroid dienone is 5. The van der Waals surface area contributed by atoms with Crippen molar-refractivity contribution < 1.29 is 39.3 Å². The van der Waals surface area contributed by atoms with Gasteiger partial charge >= 0.3 is 11.9 Å². The molecule has 0 amide bonds. The molecule has 0 atom stereocenters. The molecule has 0 radical (unpaired) electrons. The molecule has 2 aliphatic rings. The quantitative estimate of drug-likeness (QED) is 0.191. The number of aliphatic carboxylic acids is 2. The average Bonchev–Trinajstić information content (AvgIpc) is 3.59. The molecule has 4 N–H and O–H groups in total. The Morgan fingerprint density at radius 3 is 1.91 bits per heavy atom. The summed E-state index contributed by atoms with van der Waals surface area (Å²) in [5, 5.41) is 18.9. The first-order valence-corrected chi connectivity index (χ1v) is 13.9. The van der Waals surface area contributed by atoms with E-state index in [4.69, 9.17) is 9.97 Å². The van der Waals surface area contributed by atoms with Crippen LogP contribution in [-0.2, 0) is 35.5 Å². The Labute approximate surface area is 262 Å². The van der Waals surface area contributed by atoms with Crippen molar-refractivity contribution in [1.82, 2.24) is 19.9 Å². The molecule has 0 aromatic carbocycles. The van der Waals surface area contributed by atoms with Crippen LogP contribution in [0.25, 0.3) is 50.4 Å². The second kappa shape index (κ2) is 12.5. The molecular weight excluding hydrogens is 594 g/mol. The SMILES string of the molecule is C=CC1=C(C)c2cc3[nH]c(cc4nc(cc5[nH]c(cc1n2)c(C)c5CCC(=O)O)C(CCC(=O)O)=C4C)c(C)c3C=C.[Zn]. The van der Waals surface area contributed by atoms with Crippen LogP contribution in [0.3, 0.4) is 0 Å². The third-order valence-corrected chi connectivity index (χ3v) is 8.22. The normalized spacial score (nSPS) is 12.7. The number of nitrogens with zero attached hydrogens (tertiary/aromatic N) is 2. The summed E-state index contributed by atoms with van der Waals surface area (Å²) in [4.78, 5) is 40.0. The molecular formula is C34H34N4O4Zn. The van der Waals surface area contributed by atoms with Gasteiger partial charge in [0.2, 0.25) is 0 Å². The van der Waals surface area contributed by atoms with Crippen LogP contribution < -0.4 is 0 Å². The van der Waals surface area contributed by atoms with Crippen LogP contribution in [-0.4, -0.2) is 42.1 Å². The Hall–Kier alpha value is -4.36. The largest absolute Gasteiger partial charge is 0.481 e. The van der Waals surface area contributed by atoms with E-state index in [2.05, 4.69) is 23.1 Å². The predicted molar refractivity (Wildman–Crippen MR) is 169 cm³/mol. The minimum atomic E-state index is -0.883. The molecule has 0 spiro atoms. The number of hydrogen-bond acceptors (Lipinski definition) is 4. The summed E-state index contributed by atoms with van der Waals surface area (Å²) >= 11 is 0. The van der Waals surface area contributed by atoms with E-state index in [1.807, 2.05) is 58.0 Å². The summed E-state index contributed by atoms with van der Waals surface area (Å²) in [5.74, 6) is -1.76. The first-order valence-electron chi connectivity index (χ1n) is 13.9. The standard InChI is InChI=1S/C34H34N4O4.Zn/c1-7-21-17(3)25-13-26-19(5)23(9-11-33(39)40)31(37-26)16-32-24(10-12-34(41)42)20(6)28(38-32)15-30-22(8-2)18(4)27(36-30)14-29(21)35-25;/h7-8,13-16,35,38H,1-2,9-12H2,3-6H3,(H,39,40)(H,41,42);. The molecule has 0 saturated carbocycles. The average molecular weight is 628 g/mol. The summed E-state index contributed by atoms with van der Waals surface area (Å²) in [6.07, 6.45) is 4.22. The number of H-pyrrole nitrogens is 2. The molecule has 43 heavy (non-hydrogen) atoms. The van der Waals surface area contributed by atoms with Crippen LogP contribution in [0.2, 0.25) is 0 Å². The minimum absolute atomic E-state index is 0. The van der Waals surface area contributed by atoms with Crippen molar-refractivity contribution in [3.05, 3.63) is 88.5 Å². The van der Waals surface area contributed by atoms with Gasteiger partial charge in [0.05, 0.1) is 22.8 Å². The predicted octanol–water partition coefficient (Wildman–Crippen LogP) is 7.50. The van der Waals surface area contributed by atoms with Gasteiger partial charge in [-0.1, -0.05) is 25.3 Å². The van der Waals surface area contributed by atoms with Gasteiger partial charge in [0.1, 0.15) is 0 Å². The Balaban J connectivity index is 0.00000423. The Morgan fingerprint density at radius 1 is 0.721 bits per heavy atom.